The number of piperidine rings is 1. The van der Waals surface area contributed by atoms with Crippen LogP contribution in [-0.4, -0.2) is 24.2 Å². The van der Waals surface area contributed by atoms with Gasteiger partial charge in [0, 0.05) is 29.3 Å². The smallest absolute Gasteiger partial charge is 0.328 e. The van der Waals surface area contributed by atoms with Crippen LogP contribution in [0.4, 0.5) is 5.69 Å². The molecule has 0 amide bonds. The molecule has 4 heteroatoms. The summed E-state index contributed by atoms with van der Waals surface area (Å²) < 4.78 is 0.961. The van der Waals surface area contributed by atoms with Crippen LogP contribution in [0.1, 0.15) is 32.3 Å². The zero-order valence-corrected chi connectivity index (χ0v) is 13.5. The van der Waals surface area contributed by atoms with Gasteiger partial charge in [0.1, 0.15) is 0 Å². The van der Waals surface area contributed by atoms with Gasteiger partial charge < -0.3 is 10.0 Å². The Bertz CT molecular complexity index is 537. The maximum Gasteiger partial charge on any atom is 0.328 e. The number of hydrogen-bond donors (Lipinski definition) is 1. The highest BCUT2D eigenvalue weighted by atomic mass is 79.9. The minimum absolute atomic E-state index is 0.305. The van der Waals surface area contributed by atoms with Crippen LogP contribution in [-0.2, 0) is 4.79 Å². The van der Waals surface area contributed by atoms with E-state index in [1.165, 1.54) is 18.9 Å². The Morgan fingerprint density at radius 3 is 2.85 bits per heavy atom. The molecule has 1 saturated heterocycles. The lowest BCUT2D eigenvalue weighted by atomic mass is 9.84. The average Bonchev–Trinajstić information content (AvgIpc) is 2.35. The van der Waals surface area contributed by atoms with E-state index in [1.54, 1.807) is 6.08 Å². The van der Waals surface area contributed by atoms with Gasteiger partial charge in [0.05, 0.1) is 0 Å². The first kappa shape index (κ1) is 15.1. The Hall–Kier alpha value is -1.29. The average molecular weight is 338 g/mol. The molecule has 0 spiro atoms. The first-order chi connectivity index (χ1) is 9.37. The van der Waals surface area contributed by atoms with Gasteiger partial charge in [-0.1, -0.05) is 29.8 Å². The molecule has 0 aromatic heterocycles. The molecule has 1 N–H and O–H groups in total. The van der Waals surface area contributed by atoms with Crippen molar-refractivity contribution < 1.29 is 9.90 Å². The van der Waals surface area contributed by atoms with Gasteiger partial charge in [-0.15, -0.1) is 0 Å². The van der Waals surface area contributed by atoms with Gasteiger partial charge in [0.25, 0.3) is 0 Å². The van der Waals surface area contributed by atoms with Crippen molar-refractivity contribution >= 4 is 33.7 Å². The molecule has 1 heterocycles. The molecule has 1 aliphatic heterocycles. The highest BCUT2D eigenvalue weighted by Crippen LogP contribution is 2.34. The van der Waals surface area contributed by atoms with Gasteiger partial charge in [-0.05, 0) is 48.1 Å². The van der Waals surface area contributed by atoms with Crippen LogP contribution in [0.2, 0.25) is 0 Å². The number of rotatable bonds is 3. The number of hydrogen-bond acceptors (Lipinski definition) is 2. The molecule has 3 nitrogen and oxygen atoms in total. The molecule has 1 aliphatic rings. The largest absolute Gasteiger partial charge is 0.478 e. The van der Waals surface area contributed by atoms with Gasteiger partial charge in [0.2, 0.25) is 0 Å². The summed E-state index contributed by atoms with van der Waals surface area (Å²) in [6.07, 6.45) is 5.27. The number of benzene rings is 1. The second-order valence-corrected chi connectivity index (χ2v) is 6.98. The Balaban J connectivity index is 2.33. The molecule has 0 saturated carbocycles. The third-order valence-electron chi connectivity index (χ3n) is 3.64. The van der Waals surface area contributed by atoms with Crippen LogP contribution >= 0.6 is 15.9 Å². The maximum atomic E-state index is 10.7. The molecule has 0 atom stereocenters. The molecule has 0 bridgehead atoms. The number of nitrogens with zero attached hydrogens (tertiary/aromatic N) is 1. The van der Waals surface area contributed by atoms with Crippen molar-refractivity contribution in [3.63, 3.8) is 0 Å². The van der Waals surface area contributed by atoms with Gasteiger partial charge >= 0.3 is 5.97 Å². The number of aliphatic carboxylic acids is 1. The van der Waals surface area contributed by atoms with Crippen LogP contribution in [0.15, 0.2) is 28.7 Å². The lowest BCUT2D eigenvalue weighted by molar-refractivity contribution is -0.131. The zero-order valence-electron chi connectivity index (χ0n) is 11.9. The fourth-order valence-electron chi connectivity index (χ4n) is 2.74. The molecule has 0 radical (unpaired) electrons. The SMILES string of the molecule is CC1(C)CCCN(c2ccc(Br)cc2/C=C/C(=O)O)C1. The van der Waals surface area contributed by atoms with Gasteiger partial charge in [-0.25, -0.2) is 4.79 Å². The summed E-state index contributed by atoms with van der Waals surface area (Å²) in [5.74, 6) is -0.921. The molecule has 108 valence electrons. The highest BCUT2D eigenvalue weighted by molar-refractivity contribution is 9.10. The summed E-state index contributed by atoms with van der Waals surface area (Å²) in [6.45, 7) is 6.59. The maximum absolute atomic E-state index is 10.7. The predicted octanol–water partition coefficient (Wildman–Crippen LogP) is 4.17. The monoisotopic (exact) mass is 337 g/mol. The summed E-state index contributed by atoms with van der Waals surface area (Å²) >= 11 is 3.45. The Labute approximate surface area is 128 Å². The highest BCUT2D eigenvalue weighted by Gasteiger charge is 2.27. The third kappa shape index (κ3) is 3.85. The summed E-state index contributed by atoms with van der Waals surface area (Å²) in [7, 11) is 0. The molecule has 0 unspecified atom stereocenters. The molecule has 1 aromatic rings. The third-order valence-corrected chi connectivity index (χ3v) is 4.13. The molecule has 1 fully saturated rings. The Morgan fingerprint density at radius 1 is 1.45 bits per heavy atom. The first-order valence-electron chi connectivity index (χ1n) is 6.83. The van der Waals surface area contributed by atoms with Gasteiger partial charge in [-0.3, -0.25) is 0 Å². The van der Waals surface area contributed by atoms with Gasteiger partial charge in [0.15, 0.2) is 0 Å². The van der Waals surface area contributed by atoms with Gasteiger partial charge in [-0.2, -0.15) is 0 Å². The number of anilines is 1. The zero-order chi connectivity index (χ0) is 14.8. The standard InChI is InChI=1S/C16H20BrNO2/c1-16(2)8-3-9-18(11-16)14-6-5-13(17)10-12(14)4-7-15(19)20/h4-7,10H,3,8-9,11H2,1-2H3,(H,19,20)/b7-4+. The molecule has 2 rings (SSSR count). The van der Waals surface area contributed by atoms with Crippen molar-refractivity contribution in [1.29, 1.82) is 0 Å². The fraction of sp³-hybridized carbons (Fsp3) is 0.438. The van der Waals surface area contributed by atoms with E-state index >= 15 is 0 Å². The minimum atomic E-state index is -0.921. The first-order valence-corrected chi connectivity index (χ1v) is 7.62. The Kier molecular flexibility index (Phi) is 4.53. The van der Waals surface area contributed by atoms with Crippen LogP contribution in [0.5, 0.6) is 0 Å². The van der Waals surface area contributed by atoms with E-state index < -0.39 is 5.97 Å². The van der Waals surface area contributed by atoms with Crippen LogP contribution < -0.4 is 4.90 Å². The number of carboxylic acid groups (broad SMARTS) is 1. The second-order valence-electron chi connectivity index (χ2n) is 6.06. The van der Waals surface area contributed by atoms with Crippen molar-refractivity contribution in [1.82, 2.24) is 0 Å². The van der Waals surface area contributed by atoms with Crippen molar-refractivity contribution in [2.24, 2.45) is 5.41 Å². The normalized spacial score (nSPS) is 18.4. The van der Waals surface area contributed by atoms with E-state index in [0.717, 1.165) is 28.8 Å². The van der Waals surface area contributed by atoms with Crippen molar-refractivity contribution in [3.8, 4) is 0 Å². The number of halogens is 1. The minimum Gasteiger partial charge on any atom is -0.478 e. The summed E-state index contributed by atoms with van der Waals surface area (Å²) in [5, 5.41) is 8.82. The van der Waals surface area contributed by atoms with E-state index in [4.69, 9.17) is 5.11 Å². The van der Waals surface area contributed by atoms with Crippen molar-refractivity contribution in [2.45, 2.75) is 26.7 Å². The van der Waals surface area contributed by atoms with E-state index in [0.29, 0.717) is 5.41 Å². The second kappa shape index (κ2) is 6.00. The molecular weight excluding hydrogens is 318 g/mol. The van der Waals surface area contributed by atoms with Crippen LogP contribution in [0.25, 0.3) is 6.08 Å². The molecule has 20 heavy (non-hydrogen) atoms. The number of carboxylic acids is 1. The van der Waals surface area contributed by atoms with Crippen LogP contribution in [0.3, 0.4) is 0 Å². The quantitative estimate of drug-likeness (QED) is 0.841. The van der Waals surface area contributed by atoms with E-state index in [9.17, 15) is 4.79 Å². The topological polar surface area (TPSA) is 40.5 Å². The summed E-state index contributed by atoms with van der Waals surface area (Å²) in [5.41, 5.74) is 2.36. The van der Waals surface area contributed by atoms with E-state index in [-0.39, 0.29) is 0 Å². The summed E-state index contributed by atoms with van der Waals surface area (Å²) in [6, 6.07) is 6.04. The fourth-order valence-corrected chi connectivity index (χ4v) is 3.12. The molecule has 1 aromatic carbocycles. The molecular formula is C16H20BrNO2. The molecule has 0 aliphatic carbocycles. The lowest BCUT2D eigenvalue weighted by Crippen LogP contribution is -2.40. The van der Waals surface area contributed by atoms with E-state index in [1.807, 2.05) is 12.1 Å². The van der Waals surface area contributed by atoms with Crippen molar-refractivity contribution in [2.75, 3.05) is 18.0 Å². The Morgan fingerprint density at radius 2 is 2.20 bits per heavy atom. The summed E-state index contributed by atoms with van der Waals surface area (Å²) in [4.78, 5) is 13.1. The van der Waals surface area contributed by atoms with Crippen LogP contribution in [0, 0.1) is 5.41 Å². The van der Waals surface area contributed by atoms with E-state index in [2.05, 4.69) is 40.7 Å². The lowest BCUT2D eigenvalue weighted by Gasteiger charge is -2.40. The van der Waals surface area contributed by atoms with Crippen molar-refractivity contribution in [3.05, 3.63) is 34.3 Å². The predicted molar refractivity (Wildman–Crippen MR) is 86.0 cm³/mol. The number of carbonyl (C=O) groups is 1.